The molecule has 7 nitrogen and oxygen atoms in total. The Bertz CT molecular complexity index is 839. The third-order valence-electron chi connectivity index (χ3n) is 2.50. The molecule has 22 heavy (non-hydrogen) atoms. The number of nitrogens with zero attached hydrogens (tertiary/aromatic N) is 5. The van der Waals surface area contributed by atoms with E-state index in [-0.39, 0.29) is 10.8 Å². The molecule has 3 heterocycles. The Labute approximate surface area is 146 Å². The zero-order valence-corrected chi connectivity index (χ0v) is 15.0. The summed E-state index contributed by atoms with van der Waals surface area (Å²) in [5.41, 5.74) is 1.64. The molecule has 0 unspecified atom stereocenters. The van der Waals surface area contributed by atoms with E-state index < -0.39 is 4.92 Å². The molecule has 0 fully saturated rings. The predicted octanol–water partition coefficient (Wildman–Crippen LogP) is 4.14. The van der Waals surface area contributed by atoms with Crippen LogP contribution in [0.5, 0.6) is 0 Å². The van der Waals surface area contributed by atoms with Crippen LogP contribution in [0.3, 0.4) is 0 Å². The van der Waals surface area contributed by atoms with E-state index in [9.17, 15) is 10.1 Å². The van der Waals surface area contributed by atoms with Gasteiger partial charge < -0.3 is 4.57 Å². The largest absolute Gasteiger partial charge is 0.318 e. The molecule has 10 heteroatoms. The number of hydrogen-bond acceptors (Lipinski definition) is 5. The Morgan fingerprint density at radius 2 is 1.82 bits per heavy atom. The molecule has 3 aromatic heterocycles. The summed E-state index contributed by atoms with van der Waals surface area (Å²) in [5.74, 6) is 0. The molecular weight excluding hydrogens is 441 g/mol. The van der Waals surface area contributed by atoms with Gasteiger partial charge in [-0.1, -0.05) is 11.6 Å². The first-order valence-corrected chi connectivity index (χ1v) is 7.73. The van der Waals surface area contributed by atoms with Crippen molar-refractivity contribution in [3.8, 4) is 0 Å². The van der Waals surface area contributed by atoms with Gasteiger partial charge in [0.15, 0.2) is 5.65 Å². The molecule has 0 aliphatic carbocycles. The van der Waals surface area contributed by atoms with Crippen LogP contribution in [-0.4, -0.2) is 24.4 Å². The average molecular weight is 449 g/mol. The second-order valence-electron chi connectivity index (χ2n) is 4.07. The molecule has 0 radical (unpaired) electrons. The summed E-state index contributed by atoms with van der Waals surface area (Å²) in [6.45, 7) is 0. The highest BCUT2D eigenvalue weighted by Crippen LogP contribution is 2.24. The standard InChI is InChI=1S/C7H6BrN3.C5H2BrClN2O2/c1-11-4-10-6-2-5(8)3-9-7(6)11;6-3-1-4(9(10)11)5(7)8-2-3/h2-4H,1H3;1-2H. The second-order valence-corrected chi connectivity index (χ2v) is 6.26. The molecular formula is C12H8Br2ClN5O2. The molecule has 0 N–H and O–H groups in total. The van der Waals surface area contributed by atoms with E-state index >= 15 is 0 Å². The van der Waals surface area contributed by atoms with Crippen molar-refractivity contribution in [1.29, 1.82) is 0 Å². The first-order chi connectivity index (χ1) is 10.4. The molecule has 0 bridgehead atoms. The van der Waals surface area contributed by atoms with Crippen LogP contribution in [0.25, 0.3) is 11.2 Å². The van der Waals surface area contributed by atoms with Gasteiger partial charge >= 0.3 is 5.69 Å². The van der Waals surface area contributed by atoms with Gasteiger partial charge in [0.05, 0.1) is 11.3 Å². The van der Waals surface area contributed by atoms with Crippen LogP contribution in [0.1, 0.15) is 0 Å². The molecule has 0 spiro atoms. The summed E-state index contributed by atoms with van der Waals surface area (Å²) in [5, 5.41) is 10.1. The highest BCUT2D eigenvalue weighted by Gasteiger charge is 2.12. The summed E-state index contributed by atoms with van der Waals surface area (Å²) < 4.78 is 3.39. The number of imidazole rings is 1. The highest BCUT2D eigenvalue weighted by atomic mass is 79.9. The molecule has 0 saturated heterocycles. The van der Waals surface area contributed by atoms with Crippen molar-refractivity contribution >= 4 is 60.3 Å². The minimum atomic E-state index is -0.583. The Morgan fingerprint density at radius 1 is 1.18 bits per heavy atom. The van der Waals surface area contributed by atoms with E-state index in [0.29, 0.717) is 4.47 Å². The quantitative estimate of drug-likeness (QED) is 0.317. The number of halogens is 3. The lowest BCUT2D eigenvalue weighted by Gasteiger charge is -1.93. The third kappa shape index (κ3) is 3.99. The first kappa shape index (κ1) is 16.8. The fourth-order valence-electron chi connectivity index (χ4n) is 1.53. The SMILES string of the molecule is Cn1cnc2cc(Br)cnc21.O=[N+]([O-])c1cc(Br)cnc1Cl. The lowest BCUT2D eigenvalue weighted by Crippen LogP contribution is -1.90. The van der Waals surface area contributed by atoms with Crippen molar-refractivity contribution in [1.82, 2.24) is 19.5 Å². The Balaban J connectivity index is 0.000000160. The number of nitro groups is 1. The van der Waals surface area contributed by atoms with Crippen LogP contribution in [0.2, 0.25) is 5.15 Å². The van der Waals surface area contributed by atoms with Crippen LogP contribution in [-0.2, 0) is 7.05 Å². The summed E-state index contributed by atoms with van der Waals surface area (Å²) >= 11 is 11.8. The average Bonchev–Trinajstić information content (AvgIpc) is 2.83. The number of rotatable bonds is 1. The highest BCUT2D eigenvalue weighted by molar-refractivity contribution is 9.10. The molecule has 0 saturated carbocycles. The summed E-state index contributed by atoms with van der Waals surface area (Å²) in [7, 11) is 1.93. The second kappa shape index (κ2) is 7.12. The van der Waals surface area contributed by atoms with Gasteiger partial charge in [-0.25, -0.2) is 15.0 Å². The number of fused-ring (bicyclic) bond motifs is 1. The van der Waals surface area contributed by atoms with E-state index in [4.69, 9.17) is 11.6 Å². The monoisotopic (exact) mass is 447 g/mol. The fourth-order valence-corrected chi connectivity index (χ4v) is 2.34. The molecule has 3 aromatic rings. The van der Waals surface area contributed by atoms with Crippen molar-refractivity contribution in [2.45, 2.75) is 0 Å². The van der Waals surface area contributed by atoms with Crippen molar-refractivity contribution in [3.05, 3.63) is 55.1 Å². The Morgan fingerprint density at radius 3 is 2.45 bits per heavy atom. The van der Waals surface area contributed by atoms with Gasteiger partial charge in [-0.15, -0.1) is 0 Å². The fraction of sp³-hybridized carbons (Fsp3) is 0.0833. The van der Waals surface area contributed by atoms with Gasteiger partial charge in [-0.05, 0) is 37.9 Å². The lowest BCUT2D eigenvalue weighted by molar-refractivity contribution is -0.385. The minimum Gasteiger partial charge on any atom is -0.318 e. The van der Waals surface area contributed by atoms with E-state index in [1.807, 2.05) is 17.7 Å². The summed E-state index contributed by atoms with van der Waals surface area (Å²) in [4.78, 5) is 21.6. The zero-order chi connectivity index (χ0) is 16.3. The molecule has 0 aliphatic rings. The van der Waals surface area contributed by atoms with E-state index in [2.05, 4.69) is 46.8 Å². The van der Waals surface area contributed by atoms with Gasteiger partial charge in [0.2, 0.25) is 5.15 Å². The van der Waals surface area contributed by atoms with E-state index in [1.54, 1.807) is 12.5 Å². The first-order valence-electron chi connectivity index (χ1n) is 5.76. The zero-order valence-electron chi connectivity index (χ0n) is 11.1. The molecule has 114 valence electrons. The van der Waals surface area contributed by atoms with Gasteiger partial charge in [-0.2, -0.15) is 0 Å². The van der Waals surface area contributed by atoms with Gasteiger partial charge in [0.1, 0.15) is 5.52 Å². The Kier molecular flexibility index (Phi) is 5.43. The van der Waals surface area contributed by atoms with Gasteiger partial charge in [-0.3, -0.25) is 10.1 Å². The maximum Gasteiger partial charge on any atom is 0.307 e. The maximum atomic E-state index is 10.2. The molecule has 0 amide bonds. The van der Waals surface area contributed by atoms with Crippen molar-refractivity contribution in [3.63, 3.8) is 0 Å². The van der Waals surface area contributed by atoms with Crippen molar-refractivity contribution < 1.29 is 4.92 Å². The lowest BCUT2D eigenvalue weighted by atomic mass is 10.4. The topological polar surface area (TPSA) is 86.7 Å². The Hall–Kier alpha value is -1.58. The van der Waals surface area contributed by atoms with Crippen molar-refractivity contribution in [2.24, 2.45) is 7.05 Å². The molecule has 3 rings (SSSR count). The van der Waals surface area contributed by atoms with Crippen LogP contribution in [0.15, 0.2) is 39.8 Å². The smallest absolute Gasteiger partial charge is 0.307 e. The van der Waals surface area contributed by atoms with Crippen LogP contribution < -0.4 is 0 Å². The number of hydrogen-bond donors (Lipinski definition) is 0. The van der Waals surface area contributed by atoms with Gasteiger partial charge in [0, 0.05) is 34.5 Å². The third-order valence-corrected chi connectivity index (χ3v) is 3.66. The maximum absolute atomic E-state index is 10.2. The van der Waals surface area contributed by atoms with Crippen molar-refractivity contribution in [2.75, 3.05) is 0 Å². The number of aryl methyl sites for hydroxylation is 1. The molecule has 0 aromatic carbocycles. The molecule has 0 aliphatic heterocycles. The van der Waals surface area contributed by atoms with E-state index in [1.165, 1.54) is 12.3 Å². The summed E-state index contributed by atoms with van der Waals surface area (Å²) in [6.07, 6.45) is 4.92. The van der Waals surface area contributed by atoms with Crippen LogP contribution in [0.4, 0.5) is 5.69 Å². The predicted molar refractivity (Wildman–Crippen MR) is 89.8 cm³/mol. The minimum absolute atomic E-state index is 0.0989. The number of aromatic nitrogens is 4. The summed E-state index contributed by atoms with van der Waals surface area (Å²) in [6, 6.07) is 3.25. The molecule has 0 atom stereocenters. The van der Waals surface area contributed by atoms with Crippen LogP contribution in [0, 0.1) is 10.1 Å². The number of pyridine rings is 2. The van der Waals surface area contributed by atoms with E-state index in [0.717, 1.165) is 15.6 Å². The van der Waals surface area contributed by atoms with Gasteiger partial charge in [0.25, 0.3) is 0 Å². The van der Waals surface area contributed by atoms with Crippen LogP contribution >= 0.6 is 43.5 Å². The normalized spacial score (nSPS) is 10.2.